The lowest BCUT2D eigenvalue weighted by Gasteiger charge is -2.17. The molecule has 1 fully saturated rings. The van der Waals surface area contributed by atoms with E-state index in [1.165, 1.54) is 0 Å². The third-order valence-electron chi connectivity index (χ3n) is 4.84. The van der Waals surface area contributed by atoms with Crippen molar-refractivity contribution in [3.05, 3.63) is 63.8 Å². The Morgan fingerprint density at radius 3 is 2.97 bits per heavy atom. The molecule has 4 rings (SSSR count). The third-order valence-corrected chi connectivity index (χ3v) is 6.54. The molecular weight excluding hydrogens is 452 g/mol. The number of benzene rings is 1. The van der Waals surface area contributed by atoms with E-state index in [4.69, 9.17) is 0 Å². The lowest BCUT2D eigenvalue weighted by molar-refractivity contribution is -0.126. The number of pyridine rings is 1. The van der Waals surface area contributed by atoms with Crippen LogP contribution >= 0.6 is 27.3 Å². The lowest BCUT2D eigenvalue weighted by atomic mass is 10.1. The first-order chi connectivity index (χ1) is 14.0. The summed E-state index contributed by atoms with van der Waals surface area (Å²) >= 11 is 4.97. The summed E-state index contributed by atoms with van der Waals surface area (Å²) in [6, 6.07) is 11.4. The molecule has 0 radical (unpaired) electrons. The quantitative estimate of drug-likeness (QED) is 0.612. The summed E-state index contributed by atoms with van der Waals surface area (Å²) in [6.45, 7) is 2.74. The van der Waals surface area contributed by atoms with E-state index in [9.17, 15) is 9.59 Å². The Labute approximate surface area is 181 Å². The number of anilines is 1. The average molecular weight is 471 g/mol. The summed E-state index contributed by atoms with van der Waals surface area (Å²) < 4.78 is 0.904. The van der Waals surface area contributed by atoms with Crippen molar-refractivity contribution < 1.29 is 9.59 Å². The van der Waals surface area contributed by atoms with Crippen LogP contribution in [0, 0.1) is 12.8 Å². The molecule has 3 aromatic rings. The SMILES string of the molecule is Cc1nc(-c2cccnc2)sc1CNC(=O)C1CC(=O)N(c2cccc(Br)c2)C1. The van der Waals surface area contributed by atoms with Crippen molar-refractivity contribution in [1.82, 2.24) is 15.3 Å². The van der Waals surface area contributed by atoms with E-state index in [0.717, 1.165) is 31.3 Å². The second-order valence-electron chi connectivity index (χ2n) is 6.87. The zero-order chi connectivity index (χ0) is 20.4. The van der Waals surface area contributed by atoms with Gasteiger partial charge in [-0.25, -0.2) is 4.98 Å². The van der Waals surface area contributed by atoms with Crippen molar-refractivity contribution >= 4 is 44.8 Å². The summed E-state index contributed by atoms with van der Waals surface area (Å²) in [7, 11) is 0. The van der Waals surface area contributed by atoms with Gasteiger partial charge in [-0.2, -0.15) is 0 Å². The van der Waals surface area contributed by atoms with E-state index in [-0.39, 0.29) is 24.2 Å². The maximum Gasteiger partial charge on any atom is 0.227 e. The maximum atomic E-state index is 12.7. The number of amides is 2. The van der Waals surface area contributed by atoms with Gasteiger partial charge in [-0.15, -0.1) is 11.3 Å². The largest absolute Gasteiger partial charge is 0.351 e. The van der Waals surface area contributed by atoms with Crippen molar-refractivity contribution in [3.63, 3.8) is 0 Å². The summed E-state index contributed by atoms with van der Waals surface area (Å²) in [5.74, 6) is -0.491. The van der Waals surface area contributed by atoms with Crippen LogP contribution in [0.5, 0.6) is 0 Å². The van der Waals surface area contributed by atoms with Gasteiger partial charge in [-0.05, 0) is 37.3 Å². The Hall–Kier alpha value is -2.58. The number of hydrogen-bond donors (Lipinski definition) is 1. The molecule has 148 valence electrons. The predicted molar refractivity (Wildman–Crippen MR) is 117 cm³/mol. The first-order valence-corrected chi connectivity index (χ1v) is 10.8. The molecule has 6 nitrogen and oxygen atoms in total. The van der Waals surface area contributed by atoms with E-state index in [2.05, 4.69) is 31.2 Å². The van der Waals surface area contributed by atoms with Gasteiger partial charge in [-0.1, -0.05) is 22.0 Å². The summed E-state index contributed by atoms with van der Waals surface area (Å²) in [6.07, 6.45) is 3.73. The molecule has 2 amide bonds. The van der Waals surface area contributed by atoms with E-state index in [0.29, 0.717) is 13.1 Å². The van der Waals surface area contributed by atoms with E-state index in [1.54, 1.807) is 28.6 Å². The molecular formula is C21H19BrN4O2S. The Morgan fingerprint density at radius 2 is 2.21 bits per heavy atom. The minimum Gasteiger partial charge on any atom is -0.351 e. The van der Waals surface area contributed by atoms with Crippen LogP contribution in [0.15, 0.2) is 53.3 Å². The fraction of sp³-hybridized carbons (Fsp3) is 0.238. The summed E-state index contributed by atoms with van der Waals surface area (Å²) in [5, 5.41) is 3.86. The minimum atomic E-state index is -0.354. The minimum absolute atomic E-state index is 0.0314. The smallest absolute Gasteiger partial charge is 0.227 e. The topological polar surface area (TPSA) is 75.2 Å². The Balaban J connectivity index is 1.39. The molecule has 0 spiro atoms. The van der Waals surface area contributed by atoms with Gasteiger partial charge in [0, 0.05) is 46.0 Å². The second-order valence-corrected chi connectivity index (χ2v) is 8.87. The van der Waals surface area contributed by atoms with E-state index >= 15 is 0 Å². The molecule has 1 N–H and O–H groups in total. The number of nitrogens with zero attached hydrogens (tertiary/aromatic N) is 3. The van der Waals surface area contributed by atoms with Crippen LogP contribution in [-0.2, 0) is 16.1 Å². The van der Waals surface area contributed by atoms with Gasteiger partial charge in [-0.3, -0.25) is 14.6 Å². The average Bonchev–Trinajstić information content (AvgIpc) is 3.29. The van der Waals surface area contributed by atoms with E-state index in [1.807, 2.05) is 43.3 Å². The number of rotatable bonds is 5. The van der Waals surface area contributed by atoms with Crippen molar-refractivity contribution in [1.29, 1.82) is 0 Å². The van der Waals surface area contributed by atoms with E-state index < -0.39 is 0 Å². The molecule has 0 saturated carbocycles. The van der Waals surface area contributed by atoms with Crippen molar-refractivity contribution in [2.75, 3.05) is 11.4 Å². The highest BCUT2D eigenvalue weighted by Crippen LogP contribution is 2.29. The van der Waals surface area contributed by atoms with Gasteiger partial charge in [0.15, 0.2) is 0 Å². The van der Waals surface area contributed by atoms with Gasteiger partial charge < -0.3 is 10.2 Å². The number of hydrogen-bond acceptors (Lipinski definition) is 5. The van der Waals surface area contributed by atoms with Gasteiger partial charge in [0.05, 0.1) is 18.2 Å². The second kappa shape index (κ2) is 8.42. The molecule has 8 heteroatoms. The standard InChI is InChI=1S/C21H19BrN4O2S/c1-13-18(29-21(25-13)14-4-3-7-23-10-14)11-24-20(28)15-8-19(27)26(12-15)17-6-2-5-16(22)9-17/h2-7,9-10,15H,8,11-12H2,1H3,(H,24,28). The monoisotopic (exact) mass is 470 g/mol. The number of halogens is 1. The van der Waals surface area contributed by atoms with Crippen molar-refractivity contribution in [3.8, 4) is 10.6 Å². The Kier molecular flexibility index (Phi) is 5.73. The van der Waals surface area contributed by atoms with Crippen LogP contribution in [-0.4, -0.2) is 28.3 Å². The first-order valence-electron chi connectivity index (χ1n) is 9.21. The summed E-state index contributed by atoms with van der Waals surface area (Å²) in [5.41, 5.74) is 2.66. The number of aromatic nitrogens is 2. The van der Waals surface area contributed by atoms with Crippen molar-refractivity contribution in [2.24, 2.45) is 5.92 Å². The molecule has 2 aromatic heterocycles. The normalized spacial score (nSPS) is 16.3. The highest BCUT2D eigenvalue weighted by atomic mass is 79.9. The van der Waals surface area contributed by atoms with Gasteiger partial charge in [0.1, 0.15) is 5.01 Å². The fourth-order valence-corrected chi connectivity index (χ4v) is 4.67. The zero-order valence-corrected chi connectivity index (χ0v) is 18.2. The Bertz CT molecular complexity index is 1050. The molecule has 1 atom stereocenters. The summed E-state index contributed by atoms with van der Waals surface area (Å²) in [4.78, 5) is 36.5. The molecule has 0 aliphatic carbocycles. The molecule has 29 heavy (non-hydrogen) atoms. The van der Waals surface area contributed by atoms with Gasteiger partial charge >= 0.3 is 0 Å². The van der Waals surface area contributed by atoms with Crippen LogP contribution < -0.4 is 10.2 Å². The van der Waals surface area contributed by atoms with Crippen LogP contribution in [0.1, 0.15) is 17.0 Å². The molecule has 1 aromatic carbocycles. The number of carbonyl (C=O) groups excluding carboxylic acids is 2. The highest BCUT2D eigenvalue weighted by Gasteiger charge is 2.35. The Morgan fingerprint density at radius 1 is 1.34 bits per heavy atom. The van der Waals surface area contributed by atoms with Gasteiger partial charge in [0.2, 0.25) is 11.8 Å². The number of carbonyl (C=O) groups is 2. The first kappa shape index (κ1) is 19.7. The zero-order valence-electron chi connectivity index (χ0n) is 15.8. The molecule has 0 bridgehead atoms. The van der Waals surface area contributed by atoms with Crippen LogP contribution in [0.25, 0.3) is 10.6 Å². The molecule has 1 aliphatic rings. The maximum absolute atomic E-state index is 12.7. The molecule has 1 saturated heterocycles. The fourth-order valence-electron chi connectivity index (χ4n) is 3.29. The van der Waals surface area contributed by atoms with Crippen LogP contribution in [0.3, 0.4) is 0 Å². The predicted octanol–water partition coefficient (Wildman–Crippen LogP) is 3.95. The molecule has 1 aliphatic heterocycles. The molecule has 3 heterocycles. The number of nitrogens with one attached hydrogen (secondary N) is 1. The number of thiazole rings is 1. The molecule has 1 unspecified atom stereocenters. The van der Waals surface area contributed by atoms with Crippen LogP contribution in [0.2, 0.25) is 0 Å². The van der Waals surface area contributed by atoms with Crippen molar-refractivity contribution in [2.45, 2.75) is 19.9 Å². The number of aryl methyl sites for hydroxylation is 1. The lowest BCUT2D eigenvalue weighted by Crippen LogP contribution is -2.32. The van der Waals surface area contributed by atoms with Crippen LogP contribution in [0.4, 0.5) is 5.69 Å². The third kappa shape index (κ3) is 4.38. The highest BCUT2D eigenvalue weighted by molar-refractivity contribution is 9.10. The van der Waals surface area contributed by atoms with Gasteiger partial charge in [0.25, 0.3) is 0 Å².